The number of methoxy groups -OCH3 is 1. The fourth-order valence-electron chi connectivity index (χ4n) is 1.85. The van der Waals surface area contributed by atoms with Crippen LogP contribution >= 0.6 is 0 Å². The Bertz CT molecular complexity index is 306. The summed E-state index contributed by atoms with van der Waals surface area (Å²) in [5, 5.41) is 0. The van der Waals surface area contributed by atoms with Crippen molar-refractivity contribution >= 4 is 5.97 Å². The molecule has 2 heteroatoms. The summed E-state index contributed by atoms with van der Waals surface area (Å²) in [5.41, 5.74) is 1.06. The number of hydrogen-bond acceptors (Lipinski definition) is 2. The largest absolute Gasteiger partial charge is 0.469 e. The summed E-state index contributed by atoms with van der Waals surface area (Å²) in [5.74, 6) is -0.222. The normalized spacial score (nSPS) is 11.1. The summed E-state index contributed by atoms with van der Waals surface area (Å²) >= 11 is 0. The molecule has 1 unspecified atom stereocenters. The Morgan fingerprint density at radius 1 is 1.17 bits per heavy atom. The maximum atomic E-state index is 11.7. The van der Waals surface area contributed by atoms with Gasteiger partial charge < -0.3 is 4.74 Å². The number of benzene rings is 1. The lowest BCUT2D eigenvalue weighted by molar-refractivity contribution is -0.142. The van der Waals surface area contributed by atoms with E-state index in [-0.39, 0.29) is 11.9 Å². The minimum absolute atomic E-state index is 0.0993. The van der Waals surface area contributed by atoms with Crippen LogP contribution in [0.3, 0.4) is 0 Å². The number of rotatable bonds is 6. The average molecular weight is 250 g/mol. The highest BCUT2D eigenvalue weighted by molar-refractivity contribution is 5.77. The van der Waals surface area contributed by atoms with E-state index in [9.17, 15) is 4.79 Å². The molecular weight excluding hydrogens is 224 g/mol. The van der Waals surface area contributed by atoms with Gasteiger partial charge in [-0.25, -0.2) is 0 Å². The Hall–Kier alpha value is -1.31. The molecule has 1 atom stereocenters. The molecule has 0 bridgehead atoms. The summed E-state index contributed by atoms with van der Waals surface area (Å²) in [7, 11) is 1.46. The Morgan fingerprint density at radius 3 is 2.28 bits per heavy atom. The first-order valence-electron chi connectivity index (χ1n) is 6.92. The Kier molecular flexibility index (Phi) is 10.0. The molecule has 0 aliphatic carbocycles. The van der Waals surface area contributed by atoms with Gasteiger partial charge in [-0.3, -0.25) is 4.79 Å². The van der Waals surface area contributed by atoms with E-state index < -0.39 is 0 Å². The smallest absolute Gasteiger partial charge is 0.313 e. The van der Waals surface area contributed by atoms with Crippen LogP contribution in [-0.4, -0.2) is 13.1 Å². The van der Waals surface area contributed by atoms with Crippen molar-refractivity contribution in [3.8, 4) is 0 Å². The van der Waals surface area contributed by atoms with Crippen LogP contribution < -0.4 is 0 Å². The van der Waals surface area contributed by atoms with Gasteiger partial charge in [-0.1, -0.05) is 70.4 Å². The second kappa shape index (κ2) is 10.8. The average Bonchev–Trinajstić information content (AvgIpc) is 2.46. The molecule has 0 radical (unpaired) electrons. The van der Waals surface area contributed by atoms with Gasteiger partial charge >= 0.3 is 5.97 Å². The summed E-state index contributed by atoms with van der Waals surface area (Å²) in [6, 6.07) is 9.88. The Labute approximate surface area is 111 Å². The first kappa shape index (κ1) is 16.7. The molecule has 1 aromatic rings. The third-order valence-electron chi connectivity index (χ3n) is 2.78. The fourth-order valence-corrected chi connectivity index (χ4v) is 1.85. The number of carbonyl (C=O) groups is 1. The van der Waals surface area contributed by atoms with Gasteiger partial charge in [0.1, 0.15) is 0 Å². The third kappa shape index (κ3) is 5.85. The zero-order chi connectivity index (χ0) is 13.8. The van der Waals surface area contributed by atoms with Crippen molar-refractivity contribution < 1.29 is 9.53 Å². The minimum atomic E-state index is -0.123. The molecule has 0 aliphatic rings. The van der Waals surface area contributed by atoms with E-state index in [1.54, 1.807) is 0 Å². The first-order chi connectivity index (χ1) is 8.79. The highest BCUT2D eigenvalue weighted by Crippen LogP contribution is 2.23. The van der Waals surface area contributed by atoms with Crippen LogP contribution in [0.2, 0.25) is 0 Å². The van der Waals surface area contributed by atoms with Crippen LogP contribution in [0.15, 0.2) is 30.3 Å². The van der Waals surface area contributed by atoms with Gasteiger partial charge in [0.2, 0.25) is 0 Å². The van der Waals surface area contributed by atoms with Crippen LogP contribution in [0.1, 0.15) is 57.9 Å². The van der Waals surface area contributed by atoms with E-state index in [4.69, 9.17) is 4.74 Å². The number of ether oxygens (including phenoxy) is 1. The van der Waals surface area contributed by atoms with Crippen molar-refractivity contribution in [3.05, 3.63) is 35.9 Å². The Balaban J connectivity index is 0.00000137. The summed E-state index contributed by atoms with van der Waals surface area (Å²) in [6.07, 6.45) is 4.29. The van der Waals surface area contributed by atoms with E-state index in [1.807, 2.05) is 44.2 Å². The lowest BCUT2D eigenvalue weighted by atomic mass is 9.93. The SMILES string of the molecule is CC.CCCCCC(C(=O)OC)c1ccccc1. The van der Waals surface area contributed by atoms with Crippen molar-refractivity contribution in [3.63, 3.8) is 0 Å². The minimum Gasteiger partial charge on any atom is -0.469 e. The molecule has 1 rings (SSSR count). The number of carbonyl (C=O) groups excluding carboxylic acids is 1. The molecule has 0 aliphatic heterocycles. The van der Waals surface area contributed by atoms with Gasteiger partial charge in [-0.15, -0.1) is 0 Å². The first-order valence-corrected chi connectivity index (χ1v) is 6.92. The van der Waals surface area contributed by atoms with Crippen molar-refractivity contribution in [1.82, 2.24) is 0 Å². The number of esters is 1. The molecule has 2 nitrogen and oxygen atoms in total. The van der Waals surface area contributed by atoms with Crippen molar-refractivity contribution in [2.45, 2.75) is 52.4 Å². The zero-order valence-electron chi connectivity index (χ0n) is 12.1. The predicted molar refractivity (Wildman–Crippen MR) is 76.7 cm³/mol. The molecule has 1 aromatic carbocycles. The molecule has 0 saturated carbocycles. The maximum absolute atomic E-state index is 11.7. The Morgan fingerprint density at radius 2 is 1.78 bits per heavy atom. The van der Waals surface area contributed by atoms with Crippen LogP contribution in [0, 0.1) is 0 Å². The molecule has 0 fully saturated rings. The monoisotopic (exact) mass is 250 g/mol. The summed E-state index contributed by atoms with van der Waals surface area (Å²) in [6.45, 7) is 6.16. The van der Waals surface area contributed by atoms with E-state index >= 15 is 0 Å². The molecule has 0 saturated heterocycles. The lowest BCUT2D eigenvalue weighted by Gasteiger charge is -2.14. The van der Waals surface area contributed by atoms with E-state index in [0.717, 1.165) is 18.4 Å². The number of hydrogen-bond donors (Lipinski definition) is 0. The highest BCUT2D eigenvalue weighted by Gasteiger charge is 2.20. The van der Waals surface area contributed by atoms with Gasteiger partial charge in [-0.05, 0) is 12.0 Å². The molecule has 18 heavy (non-hydrogen) atoms. The van der Waals surface area contributed by atoms with Crippen LogP contribution in [-0.2, 0) is 9.53 Å². The van der Waals surface area contributed by atoms with E-state index in [2.05, 4.69) is 6.92 Å². The second-order valence-corrected chi connectivity index (χ2v) is 3.98. The van der Waals surface area contributed by atoms with Gasteiger partial charge in [-0.2, -0.15) is 0 Å². The summed E-state index contributed by atoms with van der Waals surface area (Å²) < 4.78 is 4.86. The molecule has 0 amide bonds. The van der Waals surface area contributed by atoms with Crippen molar-refractivity contribution in [2.24, 2.45) is 0 Å². The quantitative estimate of drug-likeness (QED) is 0.547. The number of unbranched alkanes of at least 4 members (excludes halogenated alkanes) is 2. The van der Waals surface area contributed by atoms with Gasteiger partial charge in [0.05, 0.1) is 13.0 Å². The molecule has 0 heterocycles. The molecule has 102 valence electrons. The van der Waals surface area contributed by atoms with Gasteiger partial charge in [0, 0.05) is 0 Å². The summed E-state index contributed by atoms with van der Waals surface area (Å²) in [4.78, 5) is 11.7. The topological polar surface area (TPSA) is 26.3 Å². The van der Waals surface area contributed by atoms with Crippen LogP contribution in [0.25, 0.3) is 0 Å². The van der Waals surface area contributed by atoms with E-state index in [0.29, 0.717) is 0 Å². The fraction of sp³-hybridized carbons (Fsp3) is 0.562. The highest BCUT2D eigenvalue weighted by atomic mass is 16.5. The standard InChI is InChI=1S/C14H20O2.C2H6/c1-3-4-6-11-13(14(15)16-2)12-9-7-5-8-10-12;1-2/h5,7-10,13H,3-4,6,11H2,1-2H3;1-2H3. The van der Waals surface area contributed by atoms with Crippen molar-refractivity contribution in [2.75, 3.05) is 7.11 Å². The maximum Gasteiger partial charge on any atom is 0.313 e. The van der Waals surface area contributed by atoms with Crippen LogP contribution in [0.5, 0.6) is 0 Å². The zero-order valence-corrected chi connectivity index (χ0v) is 12.1. The molecular formula is C16H26O2. The second-order valence-electron chi connectivity index (χ2n) is 3.98. The third-order valence-corrected chi connectivity index (χ3v) is 2.78. The molecule has 0 N–H and O–H groups in total. The van der Waals surface area contributed by atoms with Gasteiger partial charge in [0.15, 0.2) is 0 Å². The lowest BCUT2D eigenvalue weighted by Crippen LogP contribution is -2.14. The molecule has 0 aromatic heterocycles. The van der Waals surface area contributed by atoms with E-state index in [1.165, 1.54) is 20.0 Å². The van der Waals surface area contributed by atoms with Crippen molar-refractivity contribution in [1.29, 1.82) is 0 Å². The van der Waals surface area contributed by atoms with Crippen LogP contribution in [0.4, 0.5) is 0 Å². The molecule has 0 spiro atoms. The predicted octanol–water partition coefficient (Wildman–Crippen LogP) is 4.55. The van der Waals surface area contributed by atoms with Gasteiger partial charge in [0.25, 0.3) is 0 Å².